The average Bonchev–Trinajstić information content (AvgIpc) is 2.55. The number of ether oxygens (including phenoxy) is 1. The lowest BCUT2D eigenvalue weighted by atomic mass is 9.79. The standard InChI is InChI=1S/C20H29FO/c1-2-3-4-6-17-8-10-18(11-9-17)7-5-16-22-20-14-12-19(21)13-15-20/h5,7,12-15,17-18H,2-4,6,8-11,16H2,1H3. The van der Waals surface area contributed by atoms with Crippen molar-refractivity contribution in [3.8, 4) is 5.75 Å². The zero-order chi connectivity index (χ0) is 15.6. The molecule has 0 N–H and O–H groups in total. The van der Waals surface area contributed by atoms with Gasteiger partial charge in [0.25, 0.3) is 0 Å². The minimum Gasteiger partial charge on any atom is -0.490 e. The molecule has 1 aliphatic rings. The number of hydrogen-bond acceptors (Lipinski definition) is 1. The first-order chi connectivity index (χ1) is 10.8. The van der Waals surface area contributed by atoms with Gasteiger partial charge in [0.1, 0.15) is 18.2 Å². The van der Waals surface area contributed by atoms with E-state index in [0.29, 0.717) is 6.61 Å². The molecule has 22 heavy (non-hydrogen) atoms. The van der Waals surface area contributed by atoms with Crippen LogP contribution >= 0.6 is 0 Å². The fraction of sp³-hybridized carbons (Fsp3) is 0.600. The van der Waals surface area contributed by atoms with E-state index in [2.05, 4.69) is 19.1 Å². The van der Waals surface area contributed by atoms with E-state index in [1.54, 1.807) is 12.1 Å². The Morgan fingerprint density at radius 1 is 1.09 bits per heavy atom. The Morgan fingerprint density at radius 3 is 2.50 bits per heavy atom. The number of hydrogen-bond donors (Lipinski definition) is 0. The first kappa shape index (κ1) is 17.1. The summed E-state index contributed by atoms with van der Waals surface area (Å²) in [7, 11) is 0. The third-order valence-corrected chi connectivity index (χ3v) is 4.68. The lowest BCUT2D eigenvalue weighted by Gasteiger charge is -2.26. The van der Waals surface area contributed by atoms with Crippen molar-refractivity contribution in [2.75, 3.05) is 6.61 Å². The van der Waals surface area contributed by atoms with Gasteiger partial charge in [-0.25, -0.2) is 4.39 Å². The van der Waals surface area contributed by atoms with Crippen molar-refractivity contribution in [3.05, 3.63) is 42.2 Å². The van der Waals surface area contributed by atoms with Gasteiger partial charge in [0.15, 0.2) is 0 Å². The molecule has 1 nitrogen and oxygen atoms in total. The maximum Gasteiger partial charge on any atom is 0.123 e. The van der Waals surface area contributed by atoms with E-state index in [1.165, 1.54) is 63.5 Å². The van der Waals surface area contributed by atoms with Crippen LogP contribution < -0.4 is 4.74 Å². The molecule has 1 fully saturated rings. The summed E-state index contributed by atoms with van der Waals surface area (Å²) in [5, 5.41) is 0. The van der Waals surface area contributed by atoms with E-state index in [0.717, 1.165) is 17.6 Å². The lowest BCUT2D eigenvalue weighted by molar-refractivity contribution is 0.288. The molecule has 0 spiro atoms. The Kier molecular flexibility index (Phi) is 7.48. The highest BCUT2D eigenvalue weighted by Gasteiger charge is 2.18. The predicted octanol–water partition coefficient (Wildman–Crippen LogP) is 6.15. The van der Waals surface area contributed by atoms with Crippen molar-refractivity contribution in [1.82, 2.24) is 0 Å². The fourth-order valence-corrected chi connectivity index (χ4v) is 3.28. The summed E-state index contributed by atoms with van der Waals surface area (Å²) in [6.45, 7) is 2.85. The minimum atomic E-state index is -0.224. The summed E-state index contributed by atoms with van der Waals surface area (Å²) in [4.78, 5) is 0. The highest BCUT2D eigenvalue weighted by Crippen LogP contribution is 2.32. The summed E-state index contributed by atoms with van der Waals surface area (Å²) in [5.41, 5.74) is 0. The van der Waals surface area contributed by atoms with Gasteiger partial charge in [0, 0.05) is 0 Å². The fourth-order valence-electron chi connectivity index (χ4n) is 3.28. The van der Waals surface area contributed by atoms with Crippen molar-refractivity contribution in [1.29, 1.82) is 0 Å². The number of unbranched alkanes of at least 4 members (excludes halogenated alkanes) is 2. The first-order valence-electron chi connectivity index (χ1n) is 8.83. The minimum absolute atomic E-state index is 0.224. The molecule has 122 valence electrons. The third-order valence-electron chi connectivity index (χ3n) is 4.68. The van der Waals surface area contributed by atoms with Crippen LogP contribution in [0, 0.1) is 17.7 Å². The molecule has 0 bridgehead atoms. The molecular formula is C20H29FO. The molecule has 0 atom stereocenters. The molecule has 0 aromatic heterocycles. The highest BCUT2D eigenvalue weighted by molar-refractivity contribution is 5.22. The Bertz CT molecular complexity index is 430. The van der Waals surface area contributed by atoms with Gasteiger partial charge >= 0.3 is 0 Å². The second kappa shape index (κ2) is 9.66. The third kappa shape index (κ3) is 6.21. The maximum atomic E-state index is 12.8. The number of benzene rings is 1. The van der Waals surface area contributed by atoms with Crippen LogP contribution in [0.4, 0.5) is 4.39 Å². The van der Waals surface area contributed by atoms with Crippen molar-refractivity contribution in [2.45, 2.75) is 58.3 Å². The monoisotopic (exact) mass is 304 g/mol. The Labute approximate surface area is 134 Å². The SMILES string of the molecule is CCCCCC1CCC(C=CCOc2ccc(F)cc2)CC1. The van der Waals surface area contributed by atoms with Gasteiger partial charge in [-0.3, -0.25) is 0 Å². The molecule has 1 saturated carbocycles. The van der Waals surface area contributed by atoms with Crippen molar-refractivity contribution < 1.29 is 9.13 Å². The number of halogens is 1. The van der Waals surface area contributed by atoms with Crippen molar-refractivity contribution in [2.24, 2.45) is 11.8 Å². The van der Waals surface area contributed by atoms with E-state index >= 15 is 0 Å². The van der Waals surface area contributed by atoms with Gasteiger partial charge in [0.2, 0.25) is 0 Å². The van der Waals surface area contributed by atoms with Crippen LogP contribution in [0.3, 0.4) is 0 Å². The Morgan fingerprint density at radius 2 is 1.82 bits per heavy atom. The van der Waals surface area contributed by atoms with E-state index in [-0.39, 0.29) is 5.82 Å². The topological polar surface area (TPSA) is 9.23 Å². The van der Waals surface area contributed by atoms with E-state index < -0.39 is 0 Å². The molecule has 0 aliphatic heterocycles. The largest absolute Gasteiger partial charge is 0.490 e. The smallest absolute Gasteiger partial charge is 0.123 e. The van der Waals surface area contributed by atoms with Gasteiger partial charge in [0.05, 0.1) is 0 Å². The van der Waals surface area contributed by atoms with Crippen LogP contribution in [0.2, 0.25) is 0 Å². The van der Waals surface area contributed by atoms with Crippen LogP contribution in [0.15, 0.2) is 36.4 Å². The van der Waals surface area contributed by atoms with Gasteiger partial charge in [-0.2, -0.15) is 0 Å². The zero-order valence-electron chi connectivity index (χ0n) is 13.8. The summed E-state index contributed by atoms with van der Waals surface area (Å²) < 4.78 is 18.4. The molecular weight excluding hydrogens is 275 g/mol. The van der Waals surface area contributed by atoms with Crippen LogP contribution in [0.25, 0.3) is 0 Å². The zero-order valence-corrected chi connectivity index (χ0v) is 13.8. The second-order valence-electron chi connectivity index (χ2n) is 6.47. The molecule has 0 unspecified atom stereocenters. The summed E-state index contributed by atoms with van der Waals surface area (Å²) >= 11 is 0. The molecule has 0 amide bonds. The number of allylic oxidation sites excluding steroid dienone is 1. The van der Waals surface area contributed by atoms with Crippen LogP contribution in [0.5, 0.6) is 5.75 Å². The molecule has 2 heteroatoms. The van der Waals surface area contributed by atoms with Crippen molar-refractivity contribution >= 4 is 0 Å². The summed E-state index contributed by atoms with van der Waals surface area (Å²) in [6.07, 6.45) is 15.4. The molecule has 0 saturated heterocycles. The van der Waals surface area contributed by atoms with Gasteiger partial charge in [-0.1, -0.05) is 44.8 Å². The van der Waals surface area contributed by atoms with Crippen LogP contribution in [-0.4, -0.2) is 6.61 Å². The molecule has 0 heterocycles. The maximum absolute atomic E-state index is 12.8. The highest BCUT2D eigenvalue weighted by atomic mass is 19.1. The lowest BCUT2D eigenvalue weighted by Crippen LogP contribution is -2.13. The Hall–Kier alpha value is -1.31. The normalized spacial score (nSPS) is 22.1. The quantitative estimate of drug-likeness (QED) is 0.413. The van der Waals surface area contributed by atoms with Crippen LogP contribution in [0.1, 0.15) is 58.3 Å². The second-order valence-corrected chi connectivity index (χ2v) is 6.47. The van der Waals surface area contributed by atoms with Crippen LogP contribution in [-0.2, 0) is 0 Å². The van der Waals surface area contributed by atoms with Gasteiger partial charge in [-0.15, -0.1) is 0 Å². The van der Waals surface area contributed by atoms with E-state index in [1.807, 2.05) is 0 Å². The predicted molar refractivity (Wildman–Crippen MR) is 90.6 cm³/mol. The molecule has 2 rings (SSSR count). The molecule has 1 aromatic rings. The van der Waals surface area contributed by atoms with Gasteiger partial charge in [-0.05, 0) is 61.8 Å². The first-order valence-corrected chi connectivity index (χ1v) is 8.83. The molecule has 1 aliphatic carbocycles. The summed E-state index contributed by atoms with van der Waals surface area (Å²) in [6, 6.07) is 6.20. The molecule has 1 aromatic carbocycles. The van der Waals surface area contributed by atoms with E-state index in [4.69, 9.17) is 4.74 Å². The van der Waals surface area contributed by atoms with E-state index in [9.17, 15) is 4.39 Å². The Balaban J connectivity index is 1.60. The molecule has 0 radical (unpaired) electrons. The van der Waals surface area contributed by atoms with Gasteiger partial charge < -0.3 is 4.74 Å². The summed E-state index contributed by atoms with van der Waals surface area (Å²) in [5.74, 6) is 2.19. The van der Waals surface area contributed by atoms with Crippen molar-refractivity contribution in [3.63, 3.8) is 0 Å². The number of rotatable bonds is 8. The average molecular weight is 304 g/mol.